The zero-order valence-corrected chi connectivity index (χ0v) is 51.8. The molecule has 0 aromatic heterocycles. The summed E-state index contributed by atoms with van der Waals surface area (Å²) in [6.45, 7) is 14.4. The van der Waals surface area contributed by atoms with E-state index in [2.05, 4.69) is 53.2 Å². The third kappa shape index (κ3) is 23.7. The van der Waals surface area contributed by atoms with Crippen molar-refractivity contribution in [3.8, 4) is 0 Å². The average Bonchev–Trinajstić information content (AvgIpc) is 3.74. The van der Waals surface area contributed by atoms with Crippen LogP contribution in [0, 0.1) is 23.7 Å². The highest BCUT2D eigenvalue weighted by atomic mass is 35.5. The van der Waals surface area contributed by atoms with Gasteiger partial charge in [0.2, 0.25) is 65.0 Å². The number of aliphatic hydroxyl groups excluding tert-OH is 2. The number of nitrogens with one attached hydrogen (secondary N) is 10. The summed E-state index contributed by atoms with van der Waals surface area (Å²) in [6.07, 6.45) is 0.190. The number of cyclic esters (lactones) is 1. The van der Waals surface area contributed by atoms with E-state index in [0.717, 1.165) is 0 Å². The number of ether oxygens (including phenoxy) is 1. The van der Waals surface area contributed by atoms with Gasteiger partial charge < -0.3 is 85.3 Å². The first-order chi connectivity index (χ1) is 40.5. The van der Waals surface area contributed by atoms with Crippen LogP contribution in [-0.2, 0) is 68.7 Å². The van der Waals surface area contributed by atoms with Crippen molar-refractivity contribution in [3.05, 3.63) is 34.9 Å². The Bertz CT molecular complexity index is 2480. The normalized spacial score (nSPS) is 21.4. The van der Waals surface area contributed by atoms with Crippen LogP contribution in [0.15, 0.2) is 24.3 Å². The van der Waals surface area contributed by atoms with Crippen molar-refractivity contribution in [2.24, 2.45) is 40.9 Å². The van der Waals surface area contributed by atoms with E-state index in [-0.39, 0.29) is 25.7 Å². The Labute approximate surface area is 507 Å². The van der Waals surface area contributed by atoms with Crippen molar-refractivity contribution >= 4 is 82.5 Å². The predicted molar refractivity (Wildman–Crippen MR) is 317 cm³/mol. The van der Waals surface area contributed by atoms with Gasteiger partial charge in [-0.05, 0) is 93.9 Å². The quantitative estimate of drug-likeness (QED) is 0.0257. The second-order valence-corrected chi connectivity index (χ2v) is 22.6. The lowest BCUT2D eigenvalue weighted by Crippen LogP contribution is -2.63. The molecule has 1 aromatic carbocycles. The summed E-state index contributed by atoms with van der Waals surface area (Å²) in [5.74, 6) is -13.3. The highest BCUT2D eigenvalue weighted by Gasteiger charge is 2.41. The number of carbonyl (C=O) groups excluding carboxylic acids is 12. The Hall–Kier alpha value is -7.01. The number of hydrogen-bond donors (Lipinski definition) is 15. The van der Waals surface area contributed by atoms with Crippen molar-refractivity contribution in [1.29, 1.82) is 0 Å². The van der Waals surface area contributed by atoms with E-state index in [1.807, 2.05) is 0 Å². The van der Waals surface area contributed by atoms with Crippen LogP contribution in [0.5, 0.6) is 0 Å². The van der Waals surface area contributed by atoms with E-state index in [4.69, 9.17) is 33.5 Å². The van der Waals surface area contributed by atoms with Gasteiger partial charge in [-0.2, -0.15) is 0 Å². The molecule has 0 spiro atoms. The molecule has 1 heterocycles. The fraction of sp³-hybridized carbons (Fsp3) is 0.684. The Balaban J connectivity index is 2.39. The van der Waals surface area contributed by atoms with Gasteiger partial charge in [0.15, 0.2) is 0 Å². The van der Waals surface area contributed by atoms with Crippen molar-refractivity contribution < 1.29 is 72.5 Å². The largest absolute Gasteiger partial charge is 0.458 e. The van der Waals surface area contributed by atoms with E-state index in [0.29, 0.717) is 42.8 Å². The number of rotatable bonds is 33. The van der Waals surface area contributed by atoms with Gasteiger partial charge >= 0.3 is 5.97 Å². The molecule has 28 nitrogen and oxygen atoms in total. The second-order valence-electron chi connectivity index (χ2n) is 22.2. The number of aliphatic hydroxyl groups is 2. The molecule has 0 bridgehead atoms. The molecule has 484 valence electrons. The minimum atomic E-state index is -1.82. The highest BCUT2D eigenvalue weighted by molar-refractivity contribution is 6.30. The maximum atomic E-state index is 14.4. The fourth-order valence-corrected chi connectivity index (χ4v) is 9.02. The number of benzene rings is 1. The summed E-state index contributed by atoms with van der Waals surface area (Å²) >= 11 is 5.98. The molecule has 0 aliphatic carbocycles. The molecular formula is C57H94ClN13O15. The van der Waals surface area contributed by atoms with Gasteiger partial charge in [-0.1, -0.05) is 105 Å². The van der Waals surface area contributed by atoms with E-state index >= 15 is 0 Å². The first-order valence-electron chi connectivity index (χ1n) is 29.5. The monoisotopic (exact) mass is 1240 g/mol. The van der Waals surface area contributed by atoms with E-state index < -0.39 is 193 Å². The Morgan fingerprint density at radius 3 is 1.58 bits per heavy atom. The lowest BCUT2D eigenvalue weighted by Gasteiger charge is -2.31. The lowest BCUT2D eigenvalue weighted by atomic mass is 9.94. The van der Waals surface area contributed by atoms with Crippen molar-refractivity contribution in [2.45, 2.75) is 206 Å². The van der Waals surface area contributed by atoms with Crippen LogP contribution in [-0.4, -0.2) is 173 Å². The number of unbranched alkanes of at least 4 members (excludes halogenated alkanes) is 1. The molecule has 0 saturated carbocycles. The minimum absolute atomic E-state index is 0.104. The molecule has 29 heteroatoms. The summed E-state index contributed by atoms with van der Waals surface area (Å²) < 4.78 is 5.70. The van der Waals surface area contributed by atoms with Gasteiger partial charge in [-0.3, -0.25) is 52.7 Å². The summed E-state index contributed by atoms with van der Waals surface area (Å²) in [7, 11) is 0. The highest BCUT2D eigenvalue weighted by Crippen LogP contribution is 2.18. The molecule has 2 rings (SSSR count). The first kappa shape index (κ1) is 75.1. The third-order valence-electron chi connectivity index (χ3n) is 15.5. The van der Waals surface area contributed by atoms with Crippen LogP contribution >= 0.6 is 11.6 Å². The zero-order chi connectivity index (χ0) is 65.1. The number of esters is 1. The molecule has 1 fully saturated rings. The predicted octanol–water partition coefficient (Wildman–Crippen LogP) is -2.41. The molecule has 1 aliphatic heterocycles. The SMILES string of the molecule is CC[C@H](C)[C@H](NC(=O)[C@H](N)Cc1ccc(Cl)cc1)C(=O)N[C@@H](CO)C(=O)N[C@H](CCC(N)=O)C(=O)N[C@@H](C(=O)N[C@H](C(=O)N[C@@H](CO)C(=O)N[C@H]1C(=O)N[C@@H](C)C(=O)N[C@@H](CCCCN)C(=O)N[C@@H]([C@@H](C)CC)C(=O)O[C@H]1C)[C@@H](C)CC)[C@@H](C)CC. The van der Waals surface area contributed by atoms with Crippen LogP contribution in [0.2, 0.25) is 5.02 Å². The van der Waals surface area contributed by atoms with Gasteiger partial charge in [0, 0.05) is 11.4 Å². The maximum Gasteiger partial charge on any atom is 0.329 e. The molecule has 0 unspecified atom stereocenters. The molecule has 86 heavy (non-hydrogen) atoms. The van der Waals surface area contributed by atoms with Crippen LogP contribution in [0.4, 0.5) is 0 Å². The molecule has 1 saturated heterocycles. The fourth-order valence-electron chi connectivity index (χ4n) is 8.89. The zero-order valence-electron chi connectivity index (χ0n) is 51.1. The number of nitrogens with two attached hydrogens (primary N) is 3. The molecule has 0 radical (unpaired) electrons. The van der Waals surface area contributed by atoms with Crippen molar-refractivity contribution in [2.75, 3.05) is 19.8 Å². The molecule has 11 amide bonds. The first-order valence-corrected chi connectivity index (χ1v) is 29.8. The lowest BCUT2D eigenvalue weighted by molar-refractivity contribution is -0.157. The Morgan fingerprint density at radius 2 is 1.09 bits per heavy atom. The Kier molecular flexibility index (Phi) is 32.8. The maximum absolute atomic E-state index is 14.4. The van der Waals surface area contributed by atoms with Gasteiger partial charge in [0.05, 0.1) is 19.3 Å². The van der Waals surface area contributed by atoms with Crippen LogP contribution in [0.25, 0.3) is 0 Å². The van der Waals surface area contributed by atoms with Crippen molar-refractivity contribution in [1.82, 2.24) is 53.2 Å². The van der Waals surface area contributed by atoms with Gasteiger partial charge in [-0.25, -0.2) is 4.79 Å². The third-order valence-corrected chi connectivity index (χ3v) is 15.7. The number of amides is 11. The average molecular weight is 1240 g/mol. The summed E-state index contributed by atoms with van der Waals surface area (Å²) in [5, 5.41) is 46.6. The van der Waals surface area contributed by atoms with Gasteiger partial charge in [0.1, 0.15) is 66.5 Å². The van der Waals surface area contributed by atoms with Crippen LogP contribution in [0.1, 0.15) is 133 Å². The van der Waals surface area contributed by atoms with Crippen LogP contribution < -0.4 is 70.4 Å². The number of halogens is 1. The molecule has 16 atom stereocenters. The number of hydrogen-bond acceptors (Lipinski definition) is 17. The smallest absolute Gasteiger partial charge is 0.329 e. The second kappa shape index (κ2) is 37.5. The van der Waals surface area contributed by atoms with E-state index in [1.165, 1.54) is 13.8 Å². The number of carbonyl (C=O) groups is 12. The van der Waals surface area contributed by atoms with Crippen molar-refractivity contribution in [3.63, 3.8) is 0 Å². The number of primary amides is 1. The molecule has 18 N–H and O–H groups in total. The minimum Gasteiger partial charge on any atom is -0.458 e. The van der Waals surface area contributed by atoms with E-state index in [9.17, 15) is 67.7 Å². The molecule has 1 aromatic rings. The summed E-state index contributed by atoms with van der Waals surface area (Å²) in [6, 6.07) is -9.12. The summed E-state index contributed by atoms with van der Waals surface area (Å²) in [4.78, 5) is 164. The topological polar surface area (TPSA) is 453 Å². The summed E-state index contributed by atoms with van der Waals surface area (Å²) in [5.41, 5.74) is 18.0. The van der Waals surface area contributed by atoms with Gasteiger partial charge in [-0.15, -0.1) is 0 Å². The Morgan fingerprint density at radius 1 is 0.616 bits per heavy atom. The standard InChI is InChI=1S/C57H94ClN13O15/c1-11-28(5)42(67-48(76)36(60)25-34-18-20-35(58)21-19-34)53(81)65-39(26-72)51(79)64-38(22-23-41(61)74)50(78)68-44(30(7)13-3)55(83)69-43(29(6)12-2)54(82)66-40(27-73)52(80)71-46-33(10)86-57(85)45(31(8)14-4)70-49(77)37(17-15-16-24-59)63-47(75)32(9)62-56(46)84/h18-21,28-33,36-40,42-46,72-73H,11-17,22-27,59-60H2,1-10H3,(H2,61,74)(H,62,84)(H,63,75)(H,64,79)(H,65,81)(H,66,82)(H,67,76)(H,68,78)(H,69,83)(H,70,77)(H,71,80)/t28-,29-,30-,31-,32-,33-,36+,37-,38+,39-,40-,42-,43-,44+,45-,46+/m0/s1. The van der Waals surface area contributed by atoms with Gasteiger partial charge in [0.25, 0.3) is 0 Å². The molecule has 1 aliphatic rings. The van der Waals surface area contributed by atoms with E-state index in [1.54, 1.807) is 79.7 Å². The van der Waals surface area contributed by atoms with Crippen LogP contribution in [0.3, 0.4) is 0 Å². The molecular weight excluding hydrogens is 1140 g/mol.